The molecular formula is C35H39N7O3. The number of ether oxygens (including phenoxy) is 1. The Kier molecular flexibility index (Phi) is 8.62. The van der Waals surface area contributed by atoms with E-state index in [1.54, 1.807) is 4.90 Å². The minimum Gasteiger partial charge on any atom is -0.475 e. The molecule has 3 atom stereocenters. The summed E-state index contributed by atoms with van der Waals surface area (Å²) in [6.45, 7) is 9.31. The number of fused-ring (bicyclic) bond motifs is 2. The Labute approximate surface area is 264 Å². The average Bonchev–Trinajstić information content (AvgIpc) is 3.38. The van der Waals surface area contributed by atoms with Crippen molar-refractivity contribution in [3.05, 3.63) is 71.4 Å². The Balaban J connectivity index is 1.40. The SMILES string of the molecule is C=CC(=O)N1CCN(c2c(C#N)c(OC[C@@H]3C[C@@H](O)CN3C)nc3c2CCN(c2cccc4cccc(C)c24)C3)CC1CC#N. The molecule has 0 radical (unpaired) electrons. The van der Waals surface area contributed by atoms with E-state index in [9.17, 15) is 20.4 Å². The van der Waals surface area contributed by atoms with Crippen molar-refractivity contribution < 1.29 is 14.6 Å². The molecule has 1 aromatic heterocycles. The Morgan fingerprint density at radius 2 is 1.93 bits per heavy atom. The van der Waals surface area contributed by atoms with Gasteiger partial charge in [-0.25, -0.2) is 4.98 Å². The fourth-order valence-electron chi connectivity index (χ4n) is 7.23. The number of rotatable bonds is 7. The normalized spacial score (nSPS) is 21.7. The highest BCUT2D eigenvalue weighted by Gasteiger charge is 2.36. The first kappa shape index (κ1) is 30.4. The summed E-state index contributed by atoms with van der Waals surface area (Å²) in [6.07, 6.45) is 2.34. The van der Waals surface area contributed by atoms with Crippen LogP contribution in [-0.4, -0.2) is 90.4 Å². The van der Waals surface area contributed by atoms with Gasteiger partial charge in [-0.2, -0.15) is 10.5 Å². The highest BCUT2D eigenvalue weighted by molar-refractivity contribution is 5.97. The van der Waals surface area contributed by atoms with Crippen molar-refractivity contribution in [2.45, 2.75) is 50.9 Å². The molecule has 232 valence electrons. The fourth-order valence-corrected chi connectivity index (χ4v) is 7.23. The third-order valence-electron chi connectivity index (χ3n) is 9.50. The lowest BCUT2D eigenvalue weighted by atomic mass is 9.95. The van der Waals surface area contributed by atoms with Crippen LogP contribution in [0.2, 0.25) is 0 Å². The standard InChI is InChI=1S/C35H39N7O3/c1-4-32(44)42-16-15-41(19-25(42)11-13-36)34-28-12-14-40(31-10-6-9-24-8-5-7-23(2)33(24)31)21-30(28)38-35(29(34)18-37)45-22-26-17-27(43)20-39(26)3/h4-10,25-27,43H,1,11-12,14-17,19-22H2,2-3H3/t25?,26-,27+/m0/s1. The summed E-state index contributed by atoms with van der Waals surface area (Å²) in [5.41, 5.74) is 5.41. The van der Waals surface area contributed by atoms with Crippen LogP contribution in [0.25, 0.3) is 10.8 Å². The summed E-state index contributed by atoms with van der Waals surface area (Å²) in [5, 5.41) is 32.7. The van der Waals surface area contributed by atoms with Crippen LogP contribution in [0.3, 0.4) is 0 Å². The number of nitriles is 2. The molecule has 0 saturated carbocycles. The van der Waals surface area contributed by atoms with Gasteiger partial charge in [-0.15, -0.1) is 0 Å². The van der Waals surface area contributed by atoms with Crippen LogP contribution >= 0.6 is 0 Å². The molecule has 1 unspecified atom stereocenters. The highest BCUT2D eigenvalue weighted by atomic mass is 16.5. The van der Waals surface area contributed by atoms with E-state index in [0.717, 1.165) is 29.2 Å². The molecule has 0 bridgehead atoms. The molecule has 0 spiro atoms. The van der Waals surface area contributed by atoms with E-state index >= 15 is 0 Å². The van der Waals surface area contributed by atoms with Gasteiger partial charge in [-0.3, -0.25) is 9.69 Å². The molecule has 0 aliphatic carbocycles. The number of likely N-dealkylation sites (tertiary alicyclic amines) is 1. The number of aromatic nitrogens is 1. The summed E-state index contributed by atoms with van der Waals surface area (Å²) < 4.78 is 6.35. The number of aliphatic hydroxyl groups excluding tert-OH is 1. The molecule has 1 N–H and O–H groups in total. The zero-order valence-electron chi connectivity index (χ0n) is 25.9. The third-order valence-corrected chi connectivity index (χ3v) is 9.50. The fraction of sp³-hybridized carbons (Fsp3) is 0.429. The van der Waals surface area contributed by atoms with Gasteiger partial charge in [0.2, 0.25) is 11.8 Å². The number of benzene rings is 2. The predicted molar refractivity (Wildman–Crippen MR) is 173 cm³/mol. The largest absolute Gasteiger partial charge is 0.475 e. The van der Waals surface area contributed by atoms with E-state index in [1.165, 1.54) is 22.4 Å². The molecule has 3 aliphatic heterocycles. The number of aryl methyl sites for hydroxylation is 1. The second-order valence-electron chi connectivity index (χ2n) is 12.3. The van der Waals surface area contributed by atoms with E-state index in [0.29, 0.717) is 63.6 Å². The molecule has 10 nitrogen and oxygen atoms in total. The minimum absolute atomic E-state index is 0.0106. The maximum atomic E-state index is 12.6. The van der Waals surface area contributed by atoms with Crippen molar-refractivity contribution in [3.63, 3.8) is 0 Å². The van der Waals surface area contributed by atoms with Crippen molar-refractivity contribution in [2.75, 3.05) is 56.2 Å². The number of carbonyl (C=O) groups excluding carboxylic acids is 1. The topological polar surface area (TPSA) is 120 Å². The highest BCUT2D eigenvalue weighted by Crippen LogP contribution is 2.40. The summed E-state index contributed by atoms with van der Waals surface area (Å²) in [6, 6.07) is 17.1. The van der Waals surface area contributed by atoms with Gasteiger partial charge >= 0.3 is 0 Å². The summed E-state index contributed by atoms with van der Waals surface area (Å²) in [5.74, 6) is 0.0958. The molecule has 2 aromatic carbocycles. The van der Waals surface area contributed by atoms with E-state index in [4.69, 9.17) is 9.72 Å². The number of piperazine rings is 1. The number of likely N-dealkylation sites (N-methyl/N-ethyl adjacent to an activating group) is 1. The van der Waals surface area contributed by atoms with Crippen molar-refractivity contribution in [2.24, 2.45) is 0 Å². The van der Waals surface area contributed by atoms with Crippen molar-refractivity contribution >= 4 is 28.1 Å². The van der Waals surface area contributed by atoms with Gasteiger partial charge in [-0.1, -0.05) is 36.9 Å². The number of hydrogen-bond acceptors (Lipinski definition) is 9. The van der Waals surface area contributed by atoms with E-state index in [2.05, 4.69) is 76.7 Å². The number of anilines is 2. The van der Waals surface area contributed by atoms with E-state index in [1.807, 2.05) is 7.05 Å². The quantitative estimate of drug-likeness (QED) is 0.403. The number of amides is 1. The lowest BCUT2D eigenvalue weighted by molar-refractivity contribution is -0.128. The molecular weight excluding hydrogens is 566 g/mol. The maximum Gasteiger partial charge on any atom is 0.246 e. The first-order valence-electron chi connectivity index (χ1n) is 15.6. The molecule has 4 heterocycles. The Morgan fingerprint density at radius 3 is 2.64 bits per heavy atom. The zero-order valence-corrected chi connectivity index (χ0v) is 25.9. The number of nitrogens with zero attached hydrogens (tertiary/aromatic N) is 7. The van der Waals surface area contributed by atoms with Crippen LogP contribution in [0, 0.1) is 29.6 Å². The molecule has 45 heavy (non-hydrogen) atoms. The van der Waals surface area contributed by atoms with Crippen molar-refractivity contribution in [3.8, 4) is 18.0 Å². The molecule has 3 aliphatic rings. The Hall–Kier alpha value is -4.64. The molecule has 10 heteroatoms. The lowest BCUT2D eigenvalue weighted by Crippen LogP contribution is -2.55. The number of aliphatic hydroxyl groups is 1. The van der Waals surface area contributed by atoms with E-state index < -0.39 is 6.10 Å². The molecule has 2 saturated heterocycles. The molecule has 2 fully saturated rings. The van der Waals surface area contributed by atoms with Crippen LogP contribution in [0.1, 0.15) is 35.2 Å². The maximum absolute atomic E-state index is 12.6. The number of β-amino-alcohol motifs (C(OH)–C–C–N with tert-alkyl or cyclic N) is 1. The Bertz CT molecular complexity index is 1700. The molecule has 1 amide bonds. The van der Waals surface area contributed by atoms with Gasteiger partial charge < -0.3 is 24.5 Å². The van der Waals surface area contributed by atoms with Gasteiger partial charge in [0.25, 0.3) is 0 Å². The van der Waals surface area contributed by atoms with Gasteiger partial charge in [0.05, 0.1) is 42.6 Å². The summed E-state index contributed by atoms with van der Waals surface area (Å²) in [4.78, 5) is 25.9. The second kappa shape index (κ2) is 12.8. The van der Waals surface area contributed by atoms with E-state index in [-0.39, 0.29) is 24.4 Å². The number of pyridine rings is 1. The van der Waals surface area contributed by atoms with Gasteiger partial charge in [0, 0.05) is 55.4 Å². The van der Waals surface area contributed by atoms with Gasteiger partial charge in [0.1, 0.15) is 18.2 Å². The van der Waals surface area contributed by atoms with Crippen LogP contribution in [0.15, 0.2) is 49.1 Å². The van der Waals surface area contributed by atoms with Crippen LogP contribution < -0.4 is 14.5 Å². The summed E-state index contributed by atoms with van der Waals surface area (Å²) >= 11 is 0. The smallest absolute Gasteiger partial charge is 0.246 e. The average molecular weight is 606 g/mol. The molecule has 3 aromatic rings. The number of carbonyl (C=O) groups is 1. The Morgan fingerprint density at radius 1 is 1.13 bits per heavy atom. The zero-order chi connectivity index (χ0) is 31.7. The first-order valence-corrected chi connectivity index (χ1v) is 15.6. The van der Waals surface area contributed by atoms with Crippen molar-refractivity contribution in [1.29, 1.82) is 10.5 Å². The number of hydrogen-bond donors (Lipinski definition) is 1. The predicted octanol–water partition coefficient (Wildman–Crippen LogP) is 3.54. The van der Waals surface area contributed by atoms with Crippen molar-refractivity contribution in [1.82, 2.24) is 14.8 Å². The summed E-state index contributed by atoms with van der Waals surface area (Å²) in [7, 11) is 1.96. The lowest BCUT2D eigenvalue weighted by Gasteiger charge is -2.43. The minimum atomic E-state index is -0.407. The monoisotopic (exact) mass is 605 g/mol. The second-order valence-corrected chi connectivity index (χ2v) is 12.3. The van der Waals surface area contributed by atoms with Gasteiger partial charge in [-0.05, 0) is 49.9 Å². The molecule has 6 rings (SSSR count). The third kappa shape index (κ3) is 5.80. The van der Waals surface area contributed by atoms with Gasteiger partial charge in [0.15, 0.2) is 0 Å². The van der Waals surface area contributed by atoms with Crippen LogP contribution in [-0.2, 0) is 17.8 Å². The van der Waals surface area contributed by atoms with Crippen LogP contribution in [0.5, 0.6) is 5.88 Å². The van der Waals surface area contributed by atoms with Crippen LogP contribution in [0.4, 0.5) is 11.4 Å². The first-order chi connectivity index (χ1) is 21.8.